The number of nitrogens with zero attached hydrogens (tertiary/aromatic N) is 6. The van der Waals surface area contributed by atoms with Gasteiger partial charge in [-0.05, 0) is 72.8 Å². The Morgan fingerprint density at radius 2 is 0.667 bits per heavy atom. The summed E-state index contributed by atoms with van der Waals surface area (Å²) in [5.74, 6) is 1.07. The molecule has 0 radical (unpaired) electrons. The summed E-state index contributed by atoms with van der Waals surface area (Å²) < 4.78 is 0. The molecule has 5 aromatic carbocycles. The third-order valence-corrected chi connectivity index (χ3v) is 6.68. The van der Waals surface area contributed by atoms with Crippen LogP contribution < -0.4 is 14.7 Å². The molecular formula is C33H24N6. The average Bonchev–Trinajstić information content (AvgIpc) is 3.00. The molecule has 39 heavy (non-hydrogen) atoms. The summed E-state index contributed by atoms with van der Waals surface area (Å²) in [4.78, 5) is 20.7. The first-order valence-electron chi connectivity index (χ1n) is 12.8. The van der Waals surface area contributed by atoms with Crippen LogP contribution in [0.3, 0.4) is 0 Å². The van der Waals surface area contributed by atoms with Gasteiger partial charge in [-0.15, -0.1) is 0 Å². The molecule has 0 saturated carbocycles. The van der Waals surface area contributed by atoms with E-state index in [9.17, 15) is 0 Å². The molecule has 6 nitrogen and oxygen atoms in total. The van der Waals surface area contributed by atoms with Crippen LogP contribution in [0.25, 0.3) is 0 Å². The molecule has 0 spiro atoms. The van der Waals surface area contributed by atoms with Crippen LogP contribution in [0.5, 0.6) is 0 Å². The van der Waals surface area contributed by atoms with Gasteiger partial charge < -0.3 is 4.90 Å². The van der Waals surface area contributed by atoms with Gasteiger partial charge in [-0.1, -0.05) is 66.7 Å². The van der Waals surface area contributed by atoms with E-state index >= 15 is 0 Å². The Kier molecular flexibility index (Phi) is 5.68. The summed E-state index contributed by atoms with van der Waals surface area (Å²) in [7, 11) is 0. The summed E-state index contributed by atoms with van der Waals surface area (Å²) in [6.07, 6.45) is 1.58. The van der Waals surface area contributed by atoms with Crippen molar-refractivity contribution in [3.8, 4) is 0 Å². The van der Waals surface area contributed by atoms with Gasteiger partial charge in [-0.25, -0.2) is 9.97 Å². The van der Waals surface area contributed by atoms with Crippen LogP contribution in [-0.4, -0.2) is 15.0 Å². The lowest BCUT2D eigenvalue weighted by atomic mass is 10.1. The molecule has 6 bridgehead atoms. The Hall–Kier alpha value is -5.49. The number of hydrogen-bond donors (Lipinski definition) is 0. The van der Waals surface area contributed by atoms with Crippen LogP contribution in [0.15, 0.2) is 146 Å². The van der Waals surface area contributed by atoms with Gasteiger partial charge in [0, 0.05) is 28.4 Å². The van der Waals surface area contributed by atoms with E-state index in [1.165, 1.54) is 0 Å². The van der Waals surface area contributed by atoms with E-state index in [-0.39, 0.29) is 0 Å². The van der Waals surface area contributed by atoms with Crippen molar-refractivity contribution in [2.24, 2.45) is 0 Å². The maximum absolute atomic E-state index is 5.02. The lowest BCUT2D eigenvalue weighted by molar-refractivity contribution is 0.980. The predicted octanol–water partition coefficient (Wildman–Crippen LogP) is 8.59. The van der Waals surface area contributed by atoms with Crippen LogP contribution in [-0.2, 0) is 0 Å². The topological polar surface area (TPSA) is 48.4 Å². The van der Waals surface area contributed by atoms with Gasteiger partial charge in [-0.3, -0.25) is 9.80 Å². The van der Waals surface area contributed by atoms with Crippen molar-refractivity contribution in [3.05, 3.63) is 146 Å². The molecule has 0 fully saturated rings. The molecule has 7 rings (SSSR count). The largest absolute Gasteiger partial charge is 0.310 e. The summed E-state index contributed by atoms with van der Waals surface area (Å²) in [5.41, 5.74) is 6.92. The zero-order valence-corrected chi connectivity index (χ0v) is 21.0. The van der Waals surface area contributed by atoms with Crippen LogP contribution in [0.4, 0.5) is 51.7 Å². The Bertz CT molecular complexity index is 1460. The second-order valence-corrected chi connectivity index (χ2v) is 9.14. The Labute approximate surface area is 227 Å². The van der Waals surface area contributed by atoms with E-state index in [0.29, 0.717) is 11.9 Å². The van der Waals surface area contributed by atoms with Crippen LogP contribution in [0, 0.1) is 0 Å². The molecule has 1 aromatic heterocycles. The van der Waals surface area contributed by atoms with Crippen molar-refractivity contribution in [2.45, 2.75) is 0 Å². The number of fused-ring (bicyclic) bond motifs is 6. The minimum absolute atomic E-state index is 0.535. The first kappa shape index (κ1) is 22.7. The Morgan fingerprint density at radius 3 is 1.08 bits per heavy atom. The fourth-order valence-electron chi connectivity index (χ4n) is 4.98. The van der Waals surface area contributed by atoms with Gasteiger partial charge in [0.25, 0.3) is 0 Å². The number of aromatic nitrogens is 3. The molecule has 6 aromatic rings. The molecule has 186 valence electrons. The van der Waals surface area contributed by atoms with Crippen LogP contribution >= 0.6 is 0 Å². The monoisotopic (exact) mass is 504 g/mol. The third kappa shape index (κ3) is 4.24. The van der Waals surface area contributed by atoms with Crippen molar-refractivity contribution in [3.63, 3.8) is 0 Å². The van der Waals surface area contributed by atoms with Crippen LogP contribution in [0.1, 0.15) is 0 Å². The molecule has 0 saturated heterocycles. The van der Waals surface area contributed by atoms with Gasteiger partial charge in [-0.2, -0.15) is 4.98 Å². The summed E-state index contributed by atoms with van der Waals surface area (Å²) in [5, 5.41) is 0. The molecule has 6 heteroatoms. The quantitative estimate of drug-likeness (QED) is 0.240. The van der Waals surface area contributed by atoms with Crippen molar-refractivity contribution >= 4 is 51.7 Å². The van der Waals surface area contributed by atoms with E-state index in [2.05, 4.69) is 122 Å². The zero-order chi connectivity index (χ0) is 26.0. The fourth-order valence-corrected chi connectivity index (χ4v) is 4.98. The maximum Gasteiger partial charge on any atom is 0.239 e. The lowest BCUT2D eigenvalue weighted by Gasteiger charge is -2.31. The summed E-state index contributed by atoms with van der Waals surface area (Å²) >= 11 is 0. The van der Waals surface area contributed by atoms with E-state index in [4.69, 9.17) is 4.98 Å². The minimum atomic E-state index is 0.535. The molecule has 0 amide bonds. The molecule has 0 aliphatic carbocycles. The average molecular weight is 505 g/mol. The van der Waals surface area contributed by atoms with E-state index < -0.39 is 0 Å². The van der Waals surface area contributed by atoms with Gasteiger partial charge in [0.1, 0.15) is 6.33 Å². The predicted molar refractivity (Wildman–Crippen MR) is 157 cm³/mol. The second-order valence-electron chi connectivity index (χ2n) is 9.14. The second kappa shape index (κ2) is 9.76. The lowest BCUT2D eigenvalue weighted by Crippen LogP contribution is -2.20. The van der Waals surface area contributed by atoms with E-state index in [1.54, 1.807) is 6.33 Å². The van der Waals surface area contributed by atoms with Crippen LogP contribution in [0.2, 0.25) is 0 Å². The Balaban J connectivity index is 1.55. The number of rotatable bonds is 3. The van der Waals surface area contributed by atoms with Gasteiger partial charge in [0.05, 0.1) is 11.4 Å². The van der Waals surface area contributed by atoms with Crippen molar-refractivity contribution in [1.29, 1.82) is 0 Å². The highest BCUT2D eigenvalue weighted by molar-refractivity contribution is 5.85. The number of benzene rings is 5. The first-order chi connectivity index (χ1) is 19.3. The maximum atomic E-state index is 5.02. The van der Waals surface area contributed by atoms with Crippen molar-refractivity contribution < 1.29 is 0 Å². The molecule has 0 unspecified atom stereocenters. The first-order valence-corrected chi connectivity index (χ1v) is 12.8. The SMILES string of the molecule is c1ccc(N2c3cccc(c3)N(c3ccccc3)c3ncnc(n3)N(c3ccccc3)c3cccc2c3)cc1. The standard InChI is InChI=1S/C33H24N6/c1-4-12-25(13-5-1)37-28-18-10-20-30(22-28)38(26-14-6-2-7-15-26)32-34-24-35-33(36-32)39(27-16-8-3-9-17-27)31-21-11-19-29(37)23-31/h1-24H. The van der Waals surface area contributed by atoms with E-state index in [1.807, 2.05) is 42.5 Å². The highest BCUT2D eigenvalue weighted by atomic mass is 15.3. The molecule has 1 aliphatic heterocycles. The molecule has 1 aliphatic rings. The zero-order valence-electron chi connectivity index (χ0n) is 21.0. The van der Waals surface area contributed by atoms with Crippen molar-refractivity contribution in [1.82, 2.24) is 15.0 Å². The minimum Gasteiger partial charge on any atom is -0.310 e. The van der Waals surface area contributed by atoms with Gasteiger partial charge in [0.15, 0.2) is 0 Å². The van der Waals surface area contributed by atoms with Crippen molar-refractivity contribution in [2.75, 3.05) is 14.7 Å². The normalized spacial score (nSPS) is 12.5. The van der Waals surface area contributed by atoms with Gasteiger partial charge >= 0.3 is 0 Å². The summed E-state index contributed by atoms with van der Waals surface area (Å²) in [6, 6.07) is 47.7. The number of hydrogen-bond acceptors (Lipinski definition) is 6. The Morgan fingerprint density at radius 1 is 0.333 bits per heavy atom. The fraction of sp³-hybridized carbons (Fsp3) is 0. The van der Waals surface area contributed by atoms with E-state index in [0.717, 1.165) is 39.8 Å². The molecule has 0 atom stereocenters. The van der Waals surface area contributed by atoms with Gasteiger partial charge in [0.2, 0.25) is 11.9 Å². The third-order valence-electron chi connectivity index (χ3n) is 6.68. The summed E-state index contributed by atoms with van der Waals surface area (Å²) in [6.45, 7) is 0. The molecule has 2 heterocycles. The molecular weight excluding hydrogens is 480 g/mol. The smallest absolute Gasteiger partial charge is 0.239 e. The number of anilines is 9. The highest BCUT2D eigenvalue weighted by Gasteiger charge is 2.23. The number of para-hydroxylation sites is 3. The highest BCUT2D eigenvalue weighted by Crippen LogP contribution is 2.43. The molecule has 0 N–H and O–H groups in total.